The van der Waals surface area contributed by atoms with Gasteiger partial charge in [0, 0.05) is 12.5 Å². The SMILES string of the molecule is CCNC(CCCC(F)(F)F)c1ccc2ccccc2c1. The highest BCUT2D eigenvalue weighted by molar-refractivity contribution is 5.83. The maximum atomic E-state index is 12.3. The fourth-order valence-corrected chi connectivity index (χ4v) is 2.56. The summed E-state index contributed by atoms with van der Waals surface area (Å²) in [4.78, 5) is 0. The largest absolute Gasteiger partial charge is 0.389 e. The average Bonchev–Trinajstić information content (AvgIpc) is 2.44. The van der Waals surface area contributed by atoms with Gasteiger partial charge in [-0.1, -0.05) is 43.3 Å². The van der Waals surface area contributed by atoms with E-state index in [4.69, 9.17) is 0 Å². The molecule has 2 aromatic carbocycles. The van der Waals surface area contributed by atoms with Gasteiger partial charge in [0.25, 0.3) is 0 Å². The lowest BCUT2D eigenvalue weighted by molar-refractivity contribution is -0.135. The van der Waals surface area contributed by atoms with Gasteiger partial charge in [-0.15, -0.1) is 0 Å². The minimum atomic E-state index is -4.07. The first-order chi connectivity index (χ1) is 9.99. The minimum absolute atomic E-state index is 0.0260. The summed E-state index contributed by atoms with van der Waals surface area (Å²) in [6, 6.07) is 14.1. The molecule has 1 N–H and O–H groups in total. The van der Waals surface area contributed by atoms with Crippen LogP contribution in [0.5, 0.6) is 0 Å². The Labute approximate surface area is 123 Å². The standard InChI is InChI=1S/C17H20F3N/c1-2-21-16(8-5-11-17(18,19)20)15-10-9-13-6-3-4-7-14(13)12-15/h3-4,6-7,9-10,12,16,21H,2,5,8,11H2,1H3. The molecule has 0 spiro atoms. The molecule has 4 heteroatoms. The summed E-state index contributed by atoms with van der Waals surface area (Å²) < 4.78 is 36.8. The van der Waals surface area contributed by atoms with Crippen LogP contribution in [0, 0.1) is 0 Å². The maximum Gasteiger partial charge on any atom is 0.389 e. The molecule has 1 atom stereocenters. The van der Waals surface area contributed by atoms with E-state index in [2.05, 4.69) is 11.4 Å². The van der Waals surface area contributed by atoms with Crippen molar-refractivity contribution < 1.29 is 13.2 Å². The first-order valence-corrected chi connectivity index (χ1v) is 7.28. The normalized spacial score (nSPS) is 13.5. The van der Waals surface area contributed by atoms with Crippen molar-refractivity contribution in [1.29, 1.82) is 0 Å². The maximum absolute atomic E-state index is 12.3. The number of rotatable bonds is 6. The van der Waals surface area contributed by atoms with E-state index in [1.54, 1.807) is 0 Å². The molecular weight excluding hydrogens is 275 g/mol. The fourth-order valence-electron chi connectivity index (χ4n) is 2.56. The van der Waals surface area contributed by atoms with Crippen molar-refractivity contribution >= 4 is 10.8 Å². The Morgan fingerprint density at radius 1 is 1.05 bits per heavy atom. The summed E-state index contributed by atoms with van der Waals surface area (Å²) >= 11 is 0. The van der Waals surface area contributed by atoms with E-state index in [0.29, 0.717) is 6.42 Å². The lowest BCUT2D eigenvalue weighted by Gasteiger charge is -2.19. The van der Waals surface area contributed by atoms with Gasteiger partial charge >= 0.3 is 6.18 Å². The molecule has 21 heavy (non-hydrogen) atoms. The molecule has 1 unspecified atom stereocenters. The summed E-state index contributed by atoms with van der Waals surface area (Å²) in [6.07, 6.45) is -4.15. The van der Waals surface area contributed by atoms with Gasteiger partial charge in [-0.05, 0) is 41.8 Å². The van der Waals surface area contributed by atoms with E-state index >= 15 is 0 Å². The molecule has 1 nitrogen and oxygen atoms in total. The Balaban J connectivity index is 2.11. The van der Waals surface area contributed by atoms with E-state index in [0.717, 1.165) is 22.9 Å². The molecule has 0 amide bonds. The molecule has 0 aliphatic heterocycles. The van der Waals surface area contributed by atoms with Gasteiger partial charge < -0.3 is 5.32 Å². The third-order valence-electron chi connectivity index (χ3n) is 3.58. The van der Waals surface area contributed by atoms with Crippen LogP contribution >= 0.6 is 0 Å². The van der Waals surface area contributed by atoms with Gasteiger partial charge in [0.15, 0.2) is 0 Å². The number of hydrogen-bond acceptors (Lipinski definition) is 1. The molecule has 0 aliphatic carbocycles. The highest BCUT2D eigenvalue weighted by atomic mass is 19.4. The van der Waals surface area contributed by atoms with Gasteiger partial charge in [0.1, 0.15) is 0 Å². The van der Waals surface area contributed by atoms with Crippen LogP contribution in [0.15, 0.2) is 42.5 Å². The topological polar surface area (TPSA) is 12.0 Å². The first kappa shape index (κ1) is 15.8. The number of halogens is 3. The quantitative estimate of drug-likeness (QED) is 0.770. The highest BCUT2D eigenvalue weighted by Crippen LogP contribution is 2.27. The molecule has 0 bridgehead atoms. The minimum Gasteiger partial charge on any atom is -0.310 e. The van der Waals surface area contributed by atoms with Crippen LogP contribution in [0.4, 0.5) is 13.2 Å². The summed E-state index contributed by atoms with van der Waals surface area (Å²) in [5.74, 6) is 0. The first-order valence-electron chi connectivity index (χ1n) is 7.28. The molecule has 0 aromatic heterocycles. The predicted octanol–water partition coefficient (Wildman–Crippen LogP) is 5.22. The zero-order valence-corrected chi connectivity index (χ0v) is 12.1. The van der Waals surface area contributed by atoms with Gasteiger partial charge in [-0.25, -0.2) is 0 Å². The molecule has 0 heterocycles. The third kappa shape index (κ3) is 4.74. The average molecular weight is 295 g/mol. The number of fused-ring (bicyclic) bond motifs is 1. The van der Waals surface area contributed by atoms with Crippen molar-refractivity contribution in [2.45, 2.75) is 38.4 Å². The van der Waals surface area contributed by atoms with E-state index in [-0.39, 0.29) is 12.5 Å². The molecule has 0 saturated heterocycles. The van der Waals surface area contributed by atoms with Crippen molar-refractivity contribution in [3.05, 3.63) is 48.0 Å². The zero-order valence-electron chi connectivity index (χ0n) is 12.1. The number of hydrogen-bond donors (Lipinski definition) is 1. The van der Waals surface area contributed by atoms with E-state index in [1.807, 2.05) is 43.3 Å². The Bertz CT molecular complexity index is 578. The van der Waals surface area contributed by atoms with E-state index < -0.39 is 12.6 Å². The second kappa shape index (κ2) is 6.94. The van der Waals surface area contributed by atoms with Gasteiger partial charge in [-0.3, -0.25) is 0 Å². The number of nitrogens with one attached hydrogen (secondary N) is 1. The second-order valence-electron chi connectivity index (χ2n) is 5.22. The lowest BCUT2D eigenvalue weighted by Crippen LogP contribution is -2.21. The van der Waals surface area contributed by atoms with Crippen LogP contribution in [0.1, 0.15) is 37.8 Å². The van der Waals surface area contributed by atoms with Crippen LogP contribution in [0.2, 0.25) is 0 Å². The van der Waals surface area contributed by atoms with Crippen molar-refractivity contribution in [2.75, 3.05) is 6.54 Å². The Morgan fingerprint density at radius 2 is 1.76 bits per heavy atom. The molecule has 114 valence electrons. The number of alkyl halides is 3. The summed E-state index contributed by atoms with van der Waals surface area (Å²) in [5.41, 5.74) is 1.05. The number of benzene rings is 2. The smallest absolute Gasteiger partial charge is 0.310 e. The molecular formula is C17H20F3N. The van der Waals surface area contributed by atoms with Crippen LogP contribution < -0.4 is 5.32 Å². The van der Waals surface area contributed by atoms with Gasteiger partial charge in [0.05, 0.1) is 0 Å². The van der Waals surface area contributed by atoms with Crippen LogP contribution in [-0.4, -0.2) is 12.7 Å². The third-order valence-corrected chi connectivity index (χ3v) is 3.58. The molecule has 2 rings (SSSR count). The predicted molar refractivity (Wildman–Crippen MR) is 80.3 cm³/mol. The monoisotopic (exact) mass is 295 g/mol. The fraction of sp³-hybridized carbons (Fsp3) is 0.412. The Kier molecular flexibility index (Phi) is 5.23. The molecule has 0 fully saturated rings. The lowest BCUT2D eigenvalue weighted by atomic mass is 9.98. The van der Waals surface area contributed by atoms with E-state index in [9.17, 15) is 13.2 Å². The van der Waals surface area contributed by atoms with Crippen molar-refractivity contribution in [3.63, 3.8) is 0 Å². The summed E-state index contributed by atoms with van der Waals surface area (Å²) in [5, 5.41) is 5.55. The van der Waals surface area contributed by atoms with Crippen molar-refractivity contribution in [3.8, 4) is 0 Å². The highest BCUT2D eigenvalue weighted by Gasteiger charge is 2.26. The summed E-state index contributed by atoms with van der Waals surface area (Å²) in [6.45, 7) is 2.71. The molecule has 0 saturated carbocycles. The van der Waals surface area contributed by atoms with Crippen molar-refractivity contribution in [1.82, 2.24) is 5.32 Å². The van der Waals surface area contributed by atoms with Crippen LogP contribution in [0.25, 0.3) is 10.8 Å². The summed E-state index contributed by atoms with van der Waals surface area (Å²) in [7, 11) is 0. The van der Waals surface area contributed by atoms with Crippen LogP contribution in [0.3, 0.4) is 0 Å². The van der Waals surface area contributed by atoms with Gasteiger partial charge in [-0.2, -0.15) is 13.2 Å². The van der Waals surface area contributed by atoms with Gasteiger partial charge in [0.2, 0.25) is 0 Å². The Morgan fingerprint density at radius 3 is 2.43 bits per heavy atom. The van der Waals surface area contributed by atoms with E-state index in [1.165, 1.54) is 0 Å². The van der Waals surface area contributed by atoms with Crippen molar-refractivity contribution in [2.24, 2.45) is 0 Å². The molecule has 0 aliphatic rings. The zero-order chi connectivity index (χ0) is 15.3. The van der Waals surface area contributed by atoms with Crippen LogP contribution in [-0.2, 0) is 0 Å². The molecule has 0 radical (unpaired) electrons. The molecule has 2 aromatic rings. The Hall–Kier alpha value is -1.55. The second-order valence-corrected chi connectivity index (χ2v) is 5.22.